The molecule has 0 aliphatic heterocycles. The van der Waals surface area contributed by atoms with Crippen molar-refractivity contribution in [3.63, 3.8) is 0 Å². The van der Waals surface area contributed by atoms with Gasteiger partial charge in [0.25, 0.3) is 0 Å². The van der Waals surface area contributed by atoms with Gasteiger partial charge in [0.05, 0.1) is 18.8 Å². The van der Waals surface area contributed by atoms with E-state index in [0.717, 1.165) is 5.76 Å². The van der Waals surface area contributed by atoms with Crippen molar-refractivity contribution < 1.29 is 9.21 Å². The topological polar surface area (TPSA) is 45.5 Å². The summed E-state index contributed by atoms with van der Waals surface area (Å²) in [5.41, 5.74) is 1.20. The number of nitrogens with zero attached hydrogens (tertiary/aromatic N) is 1. The molecule has 0 saturated heterocycles. The van der Waals surface area contributed by atoms with Crippen LogP contribution in [0.25, 0.3) is 0 Å². The number of likely N-dealkylation sites (N-methyl/N-ethyl adjacent to an activating group) is 1. The zero-order valence-corrected chi connectivity index (χ0v) is 12.7. The molecule has 4 heteroatoms. The van der Waals surface area contributed by atoms with Gasteiger partial charge in [-0.2, -0.15) is 0 Å². The molecule has 0 radical (unpaired) electrons. The van der Waals surface area contributed by atoms with Gasteiger partial charge in [-0.05, 0) is 38.6 Å². The Labute approximate surface area is 125 Å². The first-order valence-electron chi connectivity index (χ1n) is 7.16. The molecule has 1 N–H and O–H groups in total. The molecule has 1 heterocycles. The third-order valence-electron chi connectivity index (χ3n) is 3.90. The van der Waals surface area contributed by atoms with E-state index in [1.54, 1.807) is 6.26 Å². The van der Waals surface area contributed by atoms with Gasteiger partial charge in [0.15, 0.2) is 0 Å². The lowest BCUT2D eigenvalue weighted by Crippen LogP contribution is -2.43. The molecule has 0 bridgehead atoms. The highest BCUT2D eigenvalue weighted by Crippen LogP contribution is 2.20. The van der Waals surface area contributed by atoms with Crippen molar-refractivity contribution in [3.8, 4) is 0 Å². The molecule has 0 aliphatic carbocycles. The Morgan fingerprint density at radius 1 is 1.19 bits per heavy atom. The number of carbonyl (C=O) groups excluding carboxylic acids is 1. The molecule has 0 aliphatic rings. The van der Waals surface area contributed by atoms with Crippen molar-refractivity contribution in [1.29, 1.82) is 0 Å². The molecule has 0 fully saturated rings. The lowest BCUT2D eigenvalue weighted by molar-refractivity contribution is -0.126. The van der Waals surface area contributed by atoms with Crippen molar-refractivity contribution in [2.45, 2.75) is 32.5 Å². The Kier molecular flexibility index (Phi) is 5.17. The van der Waals surface area contributed by atoms with Crippen LogP contribution in [-0.4, -0.2) is 23.9 Å². The van der Waals surface area contributed by atoms with Crippen molar-refractivity contribution in [2.75, 3.05) is 7.05 Å². The van der Waals surface area contributed by atoms with Crippen molar-refractivity contribution in [3.05, 3.63) is 60.1 Å². The first-order chi connectivity index (χ1) is 10.1. The second-order valence-corrected chi connectivity index (χ2v) is 5.23. The van der Waals surface area contributed by atoms with Gasteiger partial charge < -0.3 is 9.73 Å². The van der Waals surface area contributed by atoms with Crippen LogP contribution in [0.4, 0.5) is 0 Å². The van der Waals surface area contributed by atoms with Crippen LogP contribution in [0.3, 0.4) is 0 Å². The smallest absolute Gasteiger partial charge is 0.237 e. The van der Waals surface area contributed by atoms with Crippen LogP contribution in [0.15, 0.2) is 53.1 Å². The maximum atomic E-state index is 12.2. The Bertz CT molecular complexity index is 551. The summed E-state index contributed by atoms with van der Waals surface area (Å²) in [7, 11) is 1.97. The van der Waals surface area contributed by atoms with Crippen LogP contribution < -0.4 is 5.32 Å². The lowest BCUT2D eigenvalue weighted by atomic mass is 10.1. The maximum absolute atomic E-state index is 12.2. The number of amides is 1. The standard InChI is InChI=1S/C17H22N2O2/c1-13(15-8-5-4-6-9-15)19(3)14(2)17(20)18-12-16-10-7-11-21-16/h4-11,13-14H,12H2,1-3H3,(H,18,20)/t13-,14+/m0/s1. The minimum Gasteiger partial charge on any atom is -0.467 e. The molecule has 2 rings (SSSR count). The highest BCUT2D eigenvalue weighted by molar-refractivity contribution is 5.81. The summed E-state index contributed by atoms with van der Waals surface area (Å²) in [5, 5.41) is 2.90. The molecule has 2 aromatic rings. The van der Waals surface area contributed by atoms with E-state index in [-0.39, 0.29) is 18.0 Å². The number of carbonyl (C=O) groups is 1. The molecule has 2 atom stereocenters. The molecule has 0 spiro atoms. The Morgan fingerprint density at radius 2 is 1.90 bits per heavy atom. The molecule has 1 aromatic heterocycles. The van der Waals surface area contributed by atoms with E-state index in [0.29, 0.717) is 6.54 Å². The molecule has 112 valence electrons. The number of rotatable bonds is 6. The van der Waals surface area contributed by atoms with E-state index in [2.05, 4.69) is 29.3 Å². The summed E-state index contributed by atoms with van der Waals surface area (Å²) in [5.74, 6) is 0.756. The lowest BCUT2D eigenvalue weighted by Gasteiger charge is -2.30. The molecule has 1 amide bonds. The van der Waals surface area contributed by atoms with Gasteiger partial charge in [-0.3, -0.25) is 9.69 Å². The van der Waals surface area contributed by atoms with Crippen molar-refractivity contribution in [2.24, 2.45) is 0 Å². The summed E-state index contributed by atoms with van der Waals surface area (Å²) in [4.78, 5) is 14.3. The Morgan fingerprint density at radius 3 is 2.52 bits per heavy atom. The third-order valence-corrected chi connectivity index (χ3v) is 3.90. The van der Waals surface area contributed by atoms with Crippen LogP contribution in [0.1, 0.15) is 31.2 Å². The number of hydrogen-bond donors (Lipinski definition) is 1. The molecule has 4 nitrogen and oxygen atoms in total. The minimum atomic E-state index is -0.213. The monoisotopic (exact) mass is 286 g/mol. The van der Waals surface area contributed by atoms with Crippen LogP contribution in [-0.2, 0) is 11.3 Å². The van der Waals surface area contributed by atoms with E-state index in [4.69, 9.17) is 4.42 Å². The zero-order valence-electron chi connectivity index (χ0n) is 12.7. The predicted octanol–water partition coefficient (Wildman–Crippen LogP) is 2.98. The van der Waals surface area contributed by atoms with Crippen LogP contribution in [0, 0.1) is 0 Å². The SMILES string of the molecule is C[C@H](C(=O)NCc1ccco1)N(C)[C@@H](C)c1ccccc1. The van der Waals surface area contributed by atoms with Gasteiger partial charge >= 0.3 is 0 Å². The first kappa shape index (κ1) is 15.3. The highest BCUT2D eigenvalue weighted by atomic mass is 16.3. The number of furan rings is 1. The fourth-order valence-electron chi connectivity index (χ4n) is 2.22. The van der Waals surface area contributed by atoms with Gasteiger partial charge in [-0.1, -0.05) is 30.3 Å². The van der Waals surface area contributed by atoms with Gasteiger partial charge in [0, 0.05) is 6.04 Å². The van der Waals surface area contributed by atoms with Crippen LogP contribution in [0.5, 0.6) is 0 Å². The zero-order chi connectivity index (χ0) is 15.2. The van der Waals surface area contributed by atoms with E-state index in [1.165, 1.54) is 5.56 Å². The summed E-state index contributed by atoms with van der Waals surface area (Å²) < 4.78 is 5.21. The average Bonchev–Trinajstić information content (AvgIpc) is 3.04. The van der Waals surface area contributed by atoms with Gasteiger partial charge in [0.2, 0.25) is 5.91 Å². The Balaban J connectivity index is 1.91. The normalized spacial score (nSPS) is 13.9. The van der Waals surface area contributed by atoms with Gasteiger partial charge in [0.1, 0.15) is 5.76 Å². The minimum absolute atomic E-state index is 0.00307. The van der Waals surface area contributed by atoms with Crippen molar-refractivity contribution >= 4 is 5.91 Å². The largest absolute Gasteiger partial charge is 0.467 e. The quantitative estimate of drug-likeness (QED) is 0.888. The average molecular weight is 286 g/mol. The fraction of sp³-hybridized carbons (Fsp3) is 0.353. The van der Waals surface area contributed by atoms with Crippen LogP contribution >= 0.6 is 0 Å². The van der Waals surface area contributed by atoms with Gasteiger partial charge in [-0.25, -0.2) is 0 Å². The summed E-state index contributed by atoms with van der Waals surface area (Å²) in [6.07, 6.45) is 1.61. The summed E-state index contributed by atoms with van der Waals surface area (Å²) in [6, 6.07) is 13.8. The maximum Gasteiger partial charge on any atom is 0.237 e. The number of hydrogen-bond acceptors (Lipinski definition) is 3. The first-order valence-corrected chi connectivity index (χ1v) is 7.16. The highest BCUT2D eigenvalue weighted by Gasteiger charge is 2.22. The van der Waals surface area contributed by atoms with E-state index >= 15 is 0 Å². The number of nitrogens with one attached hydrogen (secondary N) is 1. The molecule has 1 aromatic carbocycles. The van der Waals surface area contributed by atoms with E-state index < -0.39 is 0 Å². The molecule has 21 heavy (non-hydrogen) atoms. The number of benzene rings is 1. The van der Waals surface area contributed by atoms with Gasteiger partial charge in [-0.15, -0.1) is 0 Å². The van der Waals surface area contributed by atoms with Crippen molar-refractivity contribution in [1.82, 2.24) is 10.2 Å². The Hall–Kier alpha value is -2.07. The molecular weight excluding hydrogens is 264 g/mol. The van der Waals surface area contributed by atoms with E-state index in [9.17, 15) is 4.79 Å². The second kappa shape index (κ2) is 7.09. The predicted molar refractivity (Wildman–Crippen MR) is 82.6 cm³/mol. The molecule has 0 unspecified atom stereocenters. The van der Waals surface area contributed by atoms with E-state index in [1.807, 2.05) is 44.3 Å². The summed E-state index contributed by atoms with van der Waals surface area (Å²) >= 11 is 0. The molecular formula is C17H22N2O2. The second-order valence-electron chi connectivity index (χ2n) is 5.23. The van der Waals surface area contributed by atoms with Crippen LogP contribution in [0.2, 0.25) is 0 Å². The fourth-order valence-corrected chi connectivity index (χ4v) is 2.22. The molecule has 0 saturated carbocycles. The third kappa shape index (κ3) is 3.95. The summed E-state index contributed by atoms with van der Waals surface area (Å²) in [6.45, 7) is 4.44.